The predicted molar refractivity (Wildman–Crippen MR) is 151 cm³/mol. The quantitative estimate of drug-likeness (QED) is 0.107. The van der Waals surface area contributed by atoms with Gasteiger partial charge in [-0.25, -0.2) is 9.78 Å². The summed E-state index contributed by atoms with van der Waals surface area (Å²) in [7, 11) is 0. The number of aliphatic carboxylic acids is 1. The third kappa shape index (κ3) is 11.2. The summed E-state index contributed by atoms with van der Waals surface area (Å²) < 4.78 is 0. The Bertz CT molecular complexity index is 1080. The van der Waals surface area contributed by atoms with Gasteiger partial charge in [-0.05, 0) is 61.9 Å². The molecular formula is C26H39N7O6S. The maximum Gasteiger partial charge on any atom is 0.326 e. The maximum absolute atomic E-state index is 13.3. The molecule has 0 saturated carbocycles. The first-order valence-electron chi connectivity index (χ1n) is 13.0. The highest BCUT2D eigenvalue weighted by molar-refractivity contribution is 7.98. The van der Waals surface area contributed by atoms with Crippen LogP contribution in [0.5, 0.6) is 5.75 Å². The Kier molecular flexibility index (Phi) is 14.0. The van der Waals surface area contributed by atoms with Crippen LogP contribution in [0.3, 0.4) is 0 Å². The molecule has 0 saturated heterocycles. The van der Waals surface area contributed by atoms with E-state index in [0.29, 0.717) is 42.8 Å². The Hall–Kier alpha value is -3.62. The summed E-state index contributed by atoms with van der Waals surface area (Å²) in [6.07, 6.45) is 6.71. The number of carboxylic acid groups (broad SMARTS) is 1. The molecule has 13 nitrogen and oxygen atoms in total. The molecule has 0 fully saturated rings. The zero-order valence-corrected chi connectivity index (χ0v) is 23.3. The zero-order chi connectivity index (χ0) is 29.5. The lowest BCUT2D eigenvalue weighted by Crippen LogP contribution is -2.57. The first-order valence-corrected chi connectivity index (χ1v) is 14.4. The number of phenols is 1. The number of amides is 3. The lowest BCUT2D eigenvalue weighted by molar-refractivity contribution is -0.142. The molecule has 4 atom stereocenters. The summed E-state index contributed by atoms with van der Waals surface area (Å²) in [5.41, 5.74) is 12.9. The Morgan fingerprint density at radius 2 is 1.57 bits per heavy atom. The molecule has 4 unspecified atom stereocenters. The summed E-state index contributed by atoms with van der Waals surface area (Å²) in [4.78, 5) is 57.9. The van der Waals surface area contributed by atoms with Crippen molar-refractivity contribution in [3.63, 3.8) is 0 Å². The number of unbranched alkanes of at least 4 members (excludes halogenated alkanes) is 1. The molecule has 0 spiro atoms. The van der Waals surface area contributed by atoms with Crippen LogP contribution in [0.25, 0.3) is 0 Å². The van der Waals surface area contributed by atoms with Crippen molar-refractivity contribution in [2.75, 3.05) is 18.6 Å². The summed E-state index contributed by atoms with van der Waals surface area (Å²) in [5.74, 6) is -2.42. The molecular weight excluding hydrogens is 538 g/mol. The van der Waals surface area contributed by atoms with E-state index in [4.69, 9.17) is 11.5 Å². The van der Waals surface area contributed by atoms with Gasteiger partial charge in [0.1, 0.15) is 23.9 Å². The minimum absolute atomic E-state index is 0.0224. The Morgan fingerprint density at radius 3 is 2.15 bits per heavy atom. The number of aromatic amines is 1. The lowest BCUT2D eigenvalue weighted by atomic mass is 10.0. The number of aromatic nitrogens is 2. The summed E-state index contributed by atoms with van der Waals surface area (Å²) in [6.45, 7) is 0.390. The van der Waals surface area contributed by atoms with Gasteiger partial charge in [-0.15, -0.1) is 0 Å². The lowest BCUT2D eigenvalue weighted by Gasteiger charge is -2.25. The van der Waals surface area contributed by atoms with E-state index in [1.807, 2.05) is 6.26 Å². The smallest absolute Gasteiger partial charge is 0.326 e. The number of nitrogens with zero attached hydrogens (tertiary/aromatic N) is 1. The molecule has 40 heavy (non-hydrogen) atoms. The SMILES string of the molecule is CSCCC(NC(=O)C(N)Cc1cnc[nH]1)C(=O)NC(CCCCN)C(=O)NC(Cc1ccc(O)cc1)C(=O)O. The van der Waals surface area contributed by atoms with Gasteiger partial charge in [-0.2, -0.15) is 11.8 Å². The molecule has 0 aliphatic heterocycles. The number of hydrogen-bond donors (Lipinski definition) is 8. The molecule has 14 heteroatoms. The van der Waals surface area contributed by atoms with Crippen LogP contribution in [0.15, 0.2) is 36.8 Å². The standard InChI is InChI=1S/C26H39N7O6S/c1-40-11-9-21(31-23(35)19(28)13-17-14-29-15-30-17)25(37)32-20(4-2-3-10-27)24(36)33-22(26(38)39)12-16-5-7-18(34)8-6-16/h5-8,14-15,19-22,34H,2-4,9-13,27-28H2,1H3,(H,29,30)(H,31,35)(H,32,37)(H,33,36)(H,38,39). The summed E-state index contributed by atoms with van der Waals surface area (Å²) in [5, 5.41) is 27.1. The van der Waals surface area contributed by atoms with Crippen LogP contribution in [0.1, 0.15) is 36.9 Å². The van der Waals surface area contributed by atoms with Crippen molar-refractivity contribution in [1.29, 1.82) is 0 Å². The van der Waals surface area contributed by atoms with E-state index >= 15 is 0 Å². The van der Waals surface area contributed by atoms with Crippen LogP contribution in [0, 0.1) is 0 Å². The number of imidazole rings is 1. The van der Waals surface area contributed by atoms with Crippen molar-refractivity contribution < 1.29 is 29.4 Å². The molecule has 0 bridgehead atoms. The second-order valence-electron chi connectivity index (χ2n) is 9.35. The van der Waals surface area contributed by atoms with Crippen molar-refractivity contribution in [2.45, 2.75) is 62.7 Å². The van der Waals surface area contributed by atoms with Gasteiger partial charge in [-0.3, -0.25) is 14.4 Å². The van der Waals surface area contributed by atoms with Crippen molar-refractivity contribution in [3.05, 3.63) is 48.0 Å². The number of carboxylic acids is 1. The highest BCUT2D eigenvalue weighted by Crippen LogP contribution is 2.12. The van der Waals surface area contributed by atoms with E-state index in [2.05, 4.69) is 25.9 Å². The van der Waals surface area contributed by atoms with Crippen LogP contribution in [-0.2, 0) is 32.0 Å². The molecule has 2 rings (SSSR count). The number of H-pyrrole nitrogens is 1. The third-order valence-corrected chi connectivity index (χ3v) is 6.79. The molecule has 0 radical (unpaired) electrons. The van der Waals surface area contributed by atoms with Gasteiger partial charge < -0.3 is 42.6 Å². The number of thioether (sulfide) groups is 1. The molecule has 2 aromatic rings. The van der Waals surface area contributed by atoms with Crippen LogP contribution >= 0.6 is 11.8 Å². The second kappa shape index (κ2) is 17.2. The fourth-order valence-corrected chi connectivity index (χ4v) is 4.35. The topological polar surface area (TPSA) is 226 Å². The minimum Gasteiger partial charge on any atom is -0.508 e. The number of phenolic OH excluding ortho intramolecular Hbond substituents is 1. The van der Waals surface area contributed by atoms with Gasteiger partial charge in [0.25, 0.3) is 0 Å². The fourth-order valence-electron chi connectivity index (χ4n) is 3.88. The summed E-state index contributed by atoms with van der Waals surface area (Å²) in [6, 6.07) is 1.79. The first-order chi connectivity index (χ1) is 19.1. The number of rotatable bonds is 18. The van der Waals surface area contributed by atoms with Gasteiger partial charge in [0, 0.05) is 24.7 Å². The van der Waals surface area contributed by atoms with Gasteiger partial charge >= 0.3 is 5.97 Å². The average Bonchev–Trinajstić information content (AvgIpc) is 3.44. The number of nitrogens with two attached hydrogens (primary N) is 2. The van der Waals surface area contributed by atoms with Crippen LogP contribution in [0.4, 0.5) is 0 Å². The van der Waals surface area contributed by atoms with E-state index in [0.717, 1.165) is 0 Å². The minimum atomic E-state index is -1.27. The second-order valence-corrected chi connectivity index (χ2v) is 10.3. The predicted octanol–water partition coefficient (Wildman–Crippen LogP) is -0.351. The number of nitrogens with one attached hydrogen (secondary N) is 4. The molecule has 10 N–H and O–H groups in total. The van der Waals surface area contributed by atoms with Gasteiger partial charge in [0.15, 0.2) is 0 Å². The monoisotopic (exact) mass is 577 g/mol. The number of carbonyl (C=O) groups is 4. The van der Waals surface area contributed by atoms with Crippen LogP contribution in [0.2, 0.25) is 0 Å². The number of carbonyl (C=O) groups excluding carboxylic acids is 3. The normalized spacial score (nSPS) is 14.0. The van der Waals surface area contributed by atoms with Crippen molar-refractivity contribution in [1.82, 2.24) is 25.9 Å². The zero-order valence-electron chi connectivity index (χ0n) is 22.5. The maximum atomic E-state index is 13.3. The number of aromatic hydroxyl groups is 1. The number of benzene rings is 1. The molecule has 220 valence electrons. The van der Waals surface area contributed by atoms with E-state index in [1.165, 1.54) is 30.2 Å². The molecule has 1 heterocycles. The molecule has 3 amide bonds. The van der Waals surface area contributed by atoms with E-state index < -0.39 is 47.9 Å². The highest BCUT2D eigenvalue weighted by Gasteiger charge is 2.30. The third-order valence-electron chi connectivity index (χ3n) is 6.15. The van der Waals surface area contributed by atoms with Gasteiger partial charge in [0.05, 0.1) is 12.4 Å². The largest absolute Gasteiger partial charge is 0.508 e. The summed E-state index contributed by atoms with van der Waals surface area (Å²) >= 11 is 1.49. The van der Waals surface area contributed by atoms with E-state index in [9.17, 15) is 29.4 Å². The molecule has 0 aliphatic rings. The van der Waals surface area contributed by atoms with E-state index in [1.54, 1.807) is 18.3 Å². The Labute approximate surface area is 237 Å². The average molecular weight is 578 g/mol. The van der Waals surface area contributed by atoms with Crippen molar-refractivity contribution in [2.24, 2.45) is 11.5 Å². The van der Waals surface area contributed by atoms with Crippen LogP contribution in [-0.4, -0.2) is 86.6 Å². The van der Waals surface area contributed by atoms with Crippen molar-refractivity contribution >= 4 is 35.5 Å². The van der Waals surface area contributed by atoms with Crippen molar-refractivity contribution in [3.8, 4) is 5.75 Å². The highest BCUT2D eigenvalue weighted by atomic mass is 32.2. The first kappa shape index (κ1) is 32.6. The van der Waals surface area contributed by atoms with Crippen LogP contribution < -0.4 is 27.4 Å². The Morgan fingerprint density at radius 1 is 0.950 bits per heavy atom. The number of hydrogen-bond acceptors (Lipinski definition) is 9. The van der Waals surface area contributed by atoms with E-state index in [-0.39, 0.29) is 25.0 Å². The molecule has 1 aromatic carbocycles. The molecule has 1 aromatic heterocycles. The Balaban J connectivity index is 2.11. The molecule has 0 aliphatic carbocycles. The fraction of sp³-hybridized carbons (Fsp3) is 0.500. The van der Waals surface area contributed by atoms with Gasteiger partial charge in [0.2, 0.25) is 17.7 Å². The van der Waals surface area contributed by atoms with Gasteiger partial charge in [-0.1, -0.05) is 12.1 Å².